The highest BCUT2D eigenvalue weighted by Crippen LogP contribution is 2.05. The summed E-state index contributed by atoms with van der Waals surface area (Å²) < 4.78 is 16.9. The molecule has 1 aromatic rings. The second-order valence-corrected chi connectivity index (χ2v) is 2.37. The Kier molecular flexibility index (Phi) is 2.40. The maximum absolute atomic E-state index is 12.3. The SMILES string of the molecule is CC(F)CCc1nc(N)no1. The number of rotatable bonds is 3. The number of alkyl halides is 1. The summed E-state index contributed by atoms with van der Waals surface area (Å²) in [4.78, 5) is 3.72. The van der Waals surface area contributed by atoms with Crippen molar-refractivity contribution in [3.63, 3.8) is 0 Å². The van der Waals surface area contributed by atoms with Gasteiger partial charge in [-0.25, -0.2) is 4.39 Å². The summed E-state index contributed by atoms with van der Waals surface area (Å²) in [7, 11) is 0. The van der Waals surface area contributed by atoms with Crippen molar-refractivity contribution in [2.75, 3.05) is 5.73 Å². The monoisotopic (exact) mass is 159 g/mol. The normalized spacial score (nSPS) is 13.3. The van der Waals surface area contributed by atoms with Crippen LogP contribution in [0.2, 0.25) is 0 Å². The van der Waals surface area contributed by atoms with E-state index in [2.05, 4.69) is 14.7 Å². The predicted molar refractivity (Wildman–Crippen MR) is 37.6 cm³/mol. The fourth-order valence-electron chi connectivity index (χ4n) is 0.692. The molecule has 0 bridgehead atoms. The summed E-state index contributed by atoms with van der Waals surface area (Å²) in [6.07, 6.45) is -0.00752. The quantitative estimate of drug-likeness (QED) is 0.712. The summed E-state index contributed by atoms with van der Waals surface area (Å²) in [5, 5.41) is 3.36. The van der Waals surface area contributed by atoms with E-state index in [4.69, 9.17) is 5.73 Å². The van der Waals surface area contributed by atoms with E-state index in [1.165, 1.54) is 6.92 Å². The molecule has 1 rings (SSSR count). The highest BCUT2D eigenvalue weighted by molar-refractivity contribution is 5.10. The molecule has 0 aliphatic heterocycles. The van der Waals surface area contributed by atoms with Crippen molar-refractivity contribution in [2.24, 2.45) is 0 Å². The average molecular weight is 159 g/mol. The number of halogens is 1. The van der Waals surface area contributed by atoms with Crippen molar-refractivity contribution >= 4 is 5.95 Å². The van der Waals surface area contributed by atoms with Gasteiger partial charge in [-0.05, 0) is 18.5 Å². The van der Waals surface area contributed by atoms with Crippen LogP contribution in [0, 0.1) is 0 Å². The first kappa shape index (κ1) is 7.97. The number of anilines is 1. The molecular formula is C6H10FN3O. The summed E-state index contributed by atoms with van der Waals surface area (Å²) >= 11 is 0. The Morgan fingerprint density at radius 1 is 1.73 bits per heavy atom. The maximum Gasteiger partial charge on any atom is 0.260 e. The molecule has 62 valence electrons. The molecule has 0 fully saturated rings. The van der Waals surface area contributed by atoms with Crippen LogP contribution in [0.3, 0.4) is 0 Å². The Labute approximate surface area is 63.6 Å². The summed E-state index contributed by atoms with van der Waals surface area (Å²) in [5.74, 6) is 0.499. The second-order valence-electron chi connectivity index (χ2n) is 2.37. The molecule has 0 radical (unpaired) electrons. The number of nitrogen functional groups attached to an aromatic ring is 1. The third-order valence-electron chi connectivity index (χ3n) is 1.24. The van der Waals surface area contributed by atoms with Crippen LogP contribution in [-0.4, -0.2) is 16.3 Å². The summed E-state index contributed by atoms with van der Waals surface area (Å²) in [6.45, 7) is 1.49. The lowest BCUT2D eigenvalue weighted by atomic mass is 10.2. The fraction of sp³-hybridized carbons (Fsp3) is 0.667. The number of nitrogens with zero attached hydrogens (tertiary/aromatic N) is 2. The minimum atomic E-state index is -0.844. The Morgan fingerprint density at radius 3 is 2.91 bits per heavy atom. The van der Waals surface area contributed by atoms with E-state index in [0.29, 0.717) is 18.7 Å². The molecule has 0 saturated carbocycles. The van der Waals surface area contributed by atoms with Crippen LogP contribution in [0.25, 0.3) is 0 Å². The third kappa shape index (κ3) is 2.53. The van der Waals surface area contributed by atoms with Crippen molar-refractivity contribution in [1.82, 2.24) is 10.1 Å². The van der Waals surface area contributed by atoms with E-state index >= 15 is 0 Å². The topological polar surface area (TPSA) is 64.9 Å². The van der Waals surface area contributed by atoms with Gasteiger partial charge in [0.1, 0.15) is 0 Å². The average Bonchev–Trinajstić information content (AvgIpc) is 2.31. The largest absolute Gasteiger partial charge is 0.365 e. The second kappa shape index (κ2) is 3.32. The van der Waals surface area contributed by atoms with Gasteiger partial charge in [0, 0.05) is 6.42 Å². The highest BCUT2D eigenvalue weighted by atomic mass is 19.1. The third-order valence-corrected chi connectivity index (χ3v) is 1.24. The summed E-state index contributed by atoms with van der Waals surface area (Å²) in [5.41, 5.74) is 5.18. The Morgan fingerprint density at radius 2 is 2.45 bits per heavy atom. The minimum absolute atomic E-state index is 0.103. The zero-order valence-electron chi connectivity index (χ0n) is 6.25. The van der Waals surface area contributed by atoms with Crippen molar-refractivity contribution in [3.8, 4) is 0 Å². The molecule has 11 heavy (non-hydrogen) atoms. The molecule has 0 amide bonds. The van der Waals surface area contributed by atoms with Gasteiger partial charge >= 0.3 is 0 Å². The first-order valence-corrected chi connectivity index (χ1v) is 3.40. The van der Waals surface area contributed by atoms with Crippen LogP contribution < -0.4 is 5.73 Å². The van der Waals surface area contributed by atoms with Gasteiger partial charge in [0.25, 0.3) is 5.95 Å². The Hall–Kier alpha value is -1.13. The molecule has 5 heteroatoms. The lowest BCUT2D eigenvalue weighted by molar-refractivity contribution is 0.315. The summed E-state index contributed by atoms with van der Waals surface area (Å²) in [6, 6.07) is 0. The van der Waals surface area contributed by atoms with Gasteiger partial charge in [0.15, 0.2) is 0 Å². The van der Waals surface area contributed by atoms with Gasteiger partial charge in [-0.15, -0.1) is 0 Å². The van der Waals surface area contributed by atoms with Crippen molar-refractivity contribution in [2.45, 2.75) is 25.9 Å². The lowest BCUT2D eigenvalue weighted by Gasteiger charge is -1.94. The number of aromatic nitrogens is 2. The van der Waals surface area contributed by atoms with E-state index in [1.807, 2.05) is 0 Å². The van der Waals surface area contributed by atoms with Crippen LogP contribution in [0.1, 0.15) is 19.2 Å². The molecule has 1 aromatic heterocycles. The molecule has 0 aliphatic carbocycles. The van der Waals surface area contributed by atoms with Gasteiger partial charge in [-0.3, -0.25) is 0 Å². The van der Waals surface area contributed by atoms with Crippen molar-refractivity contribution in [1.29, 1.82) is 0 Å². The molecule has 1 atom stereocenters. The van der Waals surface area contributed by atoms with Crippen LogP contribution in [0.5, 0.6) is 0 Å². The Balaban J connectivity index is 2.39. The number of nitrogens with two attached hydrogens (primary N) is 1. The maximum atomic E-state index is 12.3. The molecule has 1 unspecified atom stereocenters. The number of hydrogen-bond acceptors (Lipinski definition) is 4. The van der Waals surface area contributed by atoms with Gasteiger partial charge in [0.2, 0.25) is 5.89 Å². The van der Waals surface area contributed by atoms with Crippen LogP contribution in [-0.2, 0) is 6.42 Å². The highest BCUT2D eigenvalue weighted by Gasteiger charge is 2.05. The molecule has 0 saturated heterocycles. The van der Waals surface area contributed by atoms with Crippen molar-refractivity contribution in [3.05, 3.63) is 5.89 Å². The lowest BCUT2D eigenvalue weighted by Crippen LogP contribution is -1.96. The first-order valence-electron chi connectivity index (χ1n) is 3.40. The van der Waals surface area contributed by atoms with Crippen LogP contribution in [0.4, 0.5) is 10.3 Å². The first-order chi connectivity index (χ1) is 5.18. The zero-order chi connectivity index (χ0) is 8.27. The molecule has 0 aromatic carbocycles. The predicted octanol–water partition coefficient (Wildman–Crippen LogP) is 0.942. The van der Waals surface area contributed by atoms with E-state index in [-0.39, 0.29) is 5.95 Å². The van der Waals surface area contributed by atoms with E-state index in [9.17, 15) is 4.39 Å². The Bertz CT molecular complexity index is 223. The number of hydrogen-bond donors (Lipinski definition) is 1. The number of aryl methyl sites for hydroxylation is 1. The van der Waals surface area contributed by atoms with Crippen LogP contribution >= 0.6 is 0 Å². The van der Waals surface area contributed by atoms with E-state index in [0.717, 1.165) is 0 Å². The van der Waals surface area contributed by atoms with E-state index in [1.54, 1.807) is 0 Å². The van der Waals surface area contributed by atoms with Crippen molar-refractivity contribution < 1.29 is 8.91 Å². The standard InChI is InChI=1S/C6H10FN3O/c1-4(7)2-3-5-9-6(8)10-11-5/h4H,2-3H2,1H3,(H2,8,10). The van der Waals surface area contributed by atoms with Gasteiger partial charge < -0.3 is 10.3 Å². The minimum Gasteiger partial charge on any atom is -0.365 e. The van der Waals surface area contributed by atoms with Crippen LogP contribution in [0.15, 0.2) is 4.52 Å². The van der Waals surface area contributed by atoms with Gasteiger partial charge in [-0.2, -0.15) is 4.98 Å². The fourth-order valence-corrected chi connectivity index (χ4v) is 0.692. The van der Waals surface area contributed by atoms with E-state index < -0.39 is 6.17 Å². The van der Waals surface area contributed by atoms with Gasteiger partial charge in [0.05, 0.1) is 6.17 Å². The molecular weight excluding hydrogens is 149 g/mol. The smallest absolute Gasteiger partial charge is 0.260 e. The molecule has 4 nitrogen and oxygen atoms in total. The molecule has 1 heterocycles. The molecule has 0 aliphatic rings. The molecule has 2 N–H and O–H groups in total. The molecule has 0 spiro atoms. The zero-order valence-corrected chi connectivity index (χ0v) is 6.25. The van der Waals surface area contributed by atoms with Gasteiger partial charge in [-0.1, -0.05) is 0 Å².